The number of amides is 1. The van der Waals surface area contributed by atoms with E-state index in [0.29, 0.717) is 12.3 Å². The van der Waals surface area contributed by atoms with E-state index in [1.54, 1.807) is 0 Å². The van der Waals surface area contributed by atoms with E-state index in [-0.39, 0.29) is 11.3 Å². The van der Waals surface area contributed by atoms with Crippen molar-refractivity contribution in [3.63, 3.8) is 0 Å². The summed E-state index contributed by atoms with van der Waals surface area (Å²) in [5.41, 5.74) is 0.993. The Hall–Kier alpha value is -0.100. The largest absolute Gasteiger partial charge is 0.325 e. The van der Waals surface area contributed by atoms with Crippen molar-refractivity contribution in [1.29, 1.82) is 0 Å². The number of hydrogen-bond acceptors (Lipinski definition) is 1. The standard InChI is InChI=1S/C14H19BrINO/c1-9(14(2,3)4)7-13(18)17-12-8-10(16)5-6-11(12)15/h5-6,8-9H,7H2,1-4H3,(H,17,18). The highest BCUT2D eigenvalue weighted by Crippen LogP contribution is 2.29. The quantitative estimate of drug-likeness (QED) is 0.676. The molecule has 1 unspecified atom stereocenters. The number of anilines is 1. The lowest BCUT2D eigenvalue weighted by Crippen LogP contribution is -2.24. The Bertz CT molecular complexity index is 440. The zero-order valence-electron chi connectivity index (χ0n) is 11.2. The maximum Gasteiger partial charge on any atom is 0.224 e. The van der Waals surface area contributed by atoms with Gasteiger partial charge in [0.25, 0.3) is 0 Å². The first-order valence-electron chi connectivity index (χ1n) is 5.95. The molecule has 2 nitrogen and oxygen atoms in total. The monoisotopic (exact) mass is 423 g/mol. The Kier molecular flexibility index (Phi) is 5.65. The number of halogens is 2. The van der Waals surface area contributed by atoms with Crippen molar-refractivity contribution in [3.8, 4) is 0 Å². The summed E-state index contributed by atoms with van der Waals surface area (Å²) >= 11 is 5.68. The van der Waals surface area contributed by atoms with Gasteiger partial charge in [-0.25, -0.2) is 0 Å². The van der Waals surface area contributed by atoms with Gasteiger partial charge in [0.15, 0.2) is 0 Å². The summed E-state index contributed by atoms with van der Waals surface area (Å²) in [6.45, 7) is 8.59. The van der Waals surface area contributed by atoms with Crippen LogP contribution in [0.2, 0.25) is 0 Å². The van der Waals surface area contributed by atoms with Crippen LogP contribution < -0.4 is 5.32 Å². The Morgan fingerprint density at radius 2 is 2.06 bits per heavy atom. The van der Waals surface area contributed by atoms with Crippen LogP contribution in [0.25, 0.3) is 0 Å². The van der Waals surface area contributed by atoms with Crippen molar-refractivity contribution in [3.05, 3.63) is 26.2 Å². The van der Waals surface area contributed by atoms with Crippen molar-refractivity contribution in [2.24, 2.45) is 11.3 Å². The first kappa shape index (κ1) is 16.0. The lowest BCUT2D eigenvalue weighted by Gasteiger charge is -2.26. The Morgan fingerprint density at radius 1 is 1.44 bits per heavy atom. The van der Waals surface area contributed by atoms with Crippen molar-refractivity contribution < 1.29 is 4.79 Å². The fourth-order valence-electron chi connectivity index (χ4n) is 1.38. The molecule has 0 aliphatic heterocycles. The molecule has 1 rings (SSSR count). The van der Waals surface area contributed by atoms with E-state index >= 15 is 0 Å². The lowest BCUT2D eigenvalue weighted by molar-refractivity contribution is -0.117. The average Bonchev–Trinajstić information content (AvgIpc) is 2.22. The molecule has 0 bridgehead atoms. The van der Waals surface area contributed by atoms with Crippen molar-refractivity contribution in [2.45, 2.75) is 34.1 Å². The third-order valence-electron chi connectivity index (χ3n) is 3.17. The fraction of sp³-hybridized carbons (Fsp3) is 0.500. The molecule has 1 aromatic carbocycles. The van der Waals surface area contributed by atoms with Crippen LogP contribution in [0.1, 0.15) is 34.1 Å². The van der Waals surface area contributed by atoms with E-state index in [1.807, 2.05) is 18.2 Å². The van der Waals surface area contributed by atoms with Crippen molar-refractivity contribution >= 4 is 50.1 Å². The minimum Gasteiger partial charge on any atom is -0.325 e. The van der Waals surface area contributed by atoms with Crippen LogP contribution >= 0.6 is 38.5 Å². The molecule has 0 aliphatic carbocycles. The second-order valence-electron chi connectivity index (χ2n) is 5.64. The van der Waals surface area contributed by atoms with E-state index < -0.39 is 0 Å². The molecule has 100 valence electrons. The van der Waals surface area contributed by atoms with Gasteiger partial charge in [-0.3, -0.25) is 4.79 Å². The van der Waals surface area contributed by atoms with Crippen LogP contribution in [0.15, 0.2) is 22.7 Å². The first-order chi connectivity index (χ1) is 8.20. The Balaban J connectivity index is 2.68. The van der Waals surface area contributed by atoms with Gasteiger partial charge in [-0.15, -0.1) is 0 Å². The molecule has 0 saturated heterocycles. The first-order valence-corrected chi connectivity index (χ1v) is 7.82. The predicted molar refractivity (Wildman–Crippen MR) is 88.7 cm³/mol. The summed E-state index contributed by atoms with van der Waals surface area (Å²) in [7, 11) is 0. The van der Waals surface area contributed by atoms with Gasteiger partial charge in [-0.1, -0.05) is 27.7 Å². The minimum absolute atomic E-state index is 0.0696. The van der Waals surface area contributed by atoms with Gasteiger partial charge in [-0.2, -0.15) is 0 Å². The molecule has 1 aromatic rings. The molecule has 1 amide bonds. The van der Waals surface area contributed by atoms with Gasteiger partial charge in [0.05, 0.1) is 5.69 Å². The summed E-state index contributed by atoms with van der Waals surface area (Å²) in [4.78, 5) is 12.0. The number of carbonyl (C=O) groups excluding carboxylic acids is 1. The second kappa shape index (κ2) is 6.37. The highest BCUT2D eigenvalue weighted by Gasteiger charge is 2.22. The predicted octanol–water partition coefficient (Wildman–Crippen LogP) is 5.06. The SMILES string of the molecule is CC(CC(=O)Nc1cc(I)ccc1Br)C(C)(C)C. The smallest absolute Gasteiger partial charge is 0.224 e. The zero-order valence-corrected chi connectivity index (χ0v) is 14.9. The summed E-state index contributed by atoms with van der Waals surface area (Å²) in [6.07, 6.45) is 0.543. The molecule has 0 spiro atoms. The normalized spacial score (nSPS) is 13.2. The molecule has 1 N–H and O–H groups in total. The fourth-order valence-corrected chi connectivity index (χ4v) is 2.22. The molecule has 18 heavy (non-hydrogen) atoms. The number of hydrogen-bond donors (Lipinski definition) is 1. The number of rotatable bonds is 3. The van der Waals surface area contributed by atoms with Crippen LogP contribution in [-0.4, -0.2) is 5.91 Å². The summed E-state index contributed by atoms with van der Waals surface area (Å²) in [5, 5.41) is 2.96. The highest BCUT2D eigenvalue weighted by atomic mass is 127. The van der Waals surface area contributed by atoms with Crippen LogP contribution in [0.4, 0.5) is 5.69 Å². The Morgan fingerprint density at radius 3 is 2.61 bits per heavy atom. The summed E-state index contributed by atoms with van der Waals surface area (Å²) < 4.78 is 2.02. The van der Waals surface area contributed by atoms with E-state index in [2.05, 4.69) is 71.5 Å². The molecule has 0 heterocycles. The van der Waals surface area contributed by atoms with Crippen LogP contribution in [0, 0.1) is 14.9 Å². The highest BCUT2D eigenvalue weighted by molar-refractivity contribution is 14.1. The molecule has 0 aromatic heterocycles. The molecule has 4 heteroatoms. The molecule has 0 radical (unpaired) electrons. The van der Waals surface area contributed by atoms with Gasteiger partial charge in [0.1, 0.15) is 0 Å². The Labute approximate surface area is 131 Å². The van der Waals surface area contributed by atoms with E-state index in [0.717, 1.165) is 13.7 Å². The van der Waals surface area contributed by atoms with Gasteiger partial charge in [0, 0.05) is 14.5 Å². The lowest BCUT2D eigenvalue weighted by atomic mass is 9.80. The van der Waals surface area contributed by atoms with Crippen molar-refractivity contribution in [2.75, 3.05) is 5.32 Å². The molecule has 0 aliphatic rings. The molecular formula is C14H19BrINO. The number of benzene rings is 1. The van der Waals surface area contributed by atoms with Gasteiger partial charge in [0.2, 0.25) is 5.91 Å². The van der Waals surface area contributed by atoms with Crippen molar-refractivity contribution in [1.82, 2.24) is 0 Å². The third-order valence-corrected chi connectivity index (χ3v) is 4.53. The van der Waals surface area contributed by atoms with Crippen LogP contribution in [0.5, 0.6) is 0 Å². The van der Waals surface area contributed by atoms with Crippen LogP contribution in [0.3, 0.4) is 0 Å². The molecule has 0 fully saturated rings. The van der Waals surface area contributed by atoms with Crippen LogP contribution in [-0.2, 0) is 4.79 Å². The van der Waals surface area contributed by atoms with Gasteiger partial charge < -0.3 is 5.32 Å². The molecular weight excluding hydrogens is 405 g/mol. The average molecular weight is 424 g/mol. The maximum absolute atomic E-state index is 12.0. The second-order valence-corrected chi connectivity index (χ2v) is 7.74. The summed E-state index contributed by atoms with van der Waals surface area (Å²) in [6, 6.07) is 5.91. The van der Waals surface area contributed by atoms with Gasteiger partial charge in [-0.05, 0) is 68.1 Å². The molecule has 1 atom stereocenters. The maximum atomic E-state index is 12.0. The van der Waals surface area contributed by atoms with Gasteiger partial charge >= 0.3 is 0 Å². The summed E-state index contributed by atoms with van der Waals surface area (Å²) in [5.74, 6) is 0.416. The topological polar surface area (TPSA) is 29.1 Å². The van der Waals surface area contributed by atoms with E-state index in [1.165, 1.54) is 0 Å². The molecule has 0 saturated carbocycles. The zero-order chi connectivity index (χ0) is 13.9. The third kappa shape index (κ3) is 4.88. The number of carbonyl (C=O) groups is 1. The van der Waals surface area contributed by atoms with E-state index in [4.69, 9.17) is 0 Å². The van der Waals surface area contributed by atoms with E-state index in [9.17, 15) is 4.79 Å². The minimum atomic E-state index is 0.0696. The number of nitrogens with one attached hydrogen (secondary N) is 1.